The van der Waals surface area contributed by atoms with Crippen LogP contribution in [0, 0.1) is 11.8 Å². The zero-order valence-electron chi connectivity index (χ0n) is 32.9. The summed E-state index contributed by atoms with van der Waals surface area (Å²) in [6, 6.07) is 16.0. The molecule has 1 heterocycles. The smallest absolute Gasteiger partial charge is 0.289 e. The van der Waals surface area contributed by atoms with E-state index >= 15 is 0 Å². The van der Waals surface area contributed by atoms with Crippen molar-refractivity contribution in [3.8, 4) is 0 Å². The van der Waals surface area contributed by atoms with Gasteiger partial charge in [-0.05, 0) is 67.9 Å². The first-order chi connectivity index (χ1) is 27.1. The van der Waals surface area contributed by atoms with Crippen molar-refractivity contribution in [1.82, 2.24) is 20.9 Å². The number of nitrogens with one attached hydrogen (secondary N) is 3. The summed E-state index contributed by atoms with van der Waals surface area (Å²) in [5, 5.41) is 8.61. The number of likely N-dealkylation sites (tertiary alicyclic amines) is 1. The molecule has 5 N–H and O–H groups in total. The SMILES string of the molecule is CCCC(NC(=O)C1CC(OCc2ccccc2)CN1C(=O)C(NC(=O)CC1CCCC1)C1CCCCC1)C(=O)C(=O)NCCCC(C(N)=O)c1ccccc1. The molecule has 5 atom stereocenters. The first-order valence-corrected chi connectivity index (χ1v) is 20.9. The Labute approximate surface area is 331 Å². The Hall–Kier alpha value is -4.58. The maximum atomic E-state index is 14.6. The van der Waals surface area contributed by atoms with Crippen LogP contribution >= 0.6 is 0 Å². The minimum absolute atomic E-state index is 0.0409. The molecule has 2 saturated carbocycles. The highest BCUT2D eigenvalue weighted by molar-refractivity contribution is 6.38. The van der Waals surface area contributed by atoms with Gasteiger partial charge in [0, 0.05) is 25.9 Å². The van der Waals surface area contributed by atoms with Gasteiger partial charge in [-0.2, -0.15) is 0 Å². The largest absolute Gasteiger partial charge is 0.372 e. The van der Waals surface area contributed by atoms with Crippen molar-refractivity contribution in [3.05, 3.63) is 71.8 Å². The van der Waals surface area contributed by atoms with E-state index in [0.29, 0.717) is 38.2 Å². The molecule has 3 fully saturated rings. The number of ether oxygens (including phenoxy) is 1. The monoisotopic (exact) mass is 771 g/mol. The zero-order chi connectivity index (χ0) is 39.9. The highest BCUT2D eigenvalue weighted by atomic mass is 16.5. The van der Waals surface area contributed by atoms with Crippen molar-refractivity contribution in [2.75, 3.05) is 13.1 Å². The third-order valence-electron chi connectivity index (χ3n) is 11.8. The molecule has 12 heteroatoms. The first-order valence-electron chi connectivity index (χ1n) is 20.9. The fraction of sp³-hybridized carbons (Fsp3) is 0.591. The minimum Gasteiger partial charge on any atom is -0.372 e. The van der Waals surface area contributed by atoms with Gasteiger partial charge in [0.25, 0.3) is 5.91 Å². The molecule has 5 amide bonds. The van der Waals surface area contributed by atoms with Crippen LogP contribution < -0.4 is 21.7 Å². The Morgan fingerprint density at radius 1 is 0.839 bits per heavy atom. The number of amides is 5. The highest BCUT2D eigenvalue weighted by Crippen LogP contribution is 2.32. The number of primary amides is 1. The lowest BCUT2D eigenvalue weighted by Gasteiger charge is -2.35. The van der Waals surface area contributed by atoms with E-state index in [9.17, 15) is 28.8 Å². The predicted molar refractivity (Wildman–Crippen MR) is 213 cm³/mol. The Balaban J connectivity index is 1.26. The summed E-state index contributed by atoms with van der Waals surface area (Å²) in [7, 11) is 0. The topological polar surface area (TPSA) is 177 Å². The molecule has 1 saturated heterocycles. The van der Waals surface area contributed by atoms with Crippen molar-refractivity contribution in [2.45, 2.75) is 140 Å². The van der Waals surface area contributed by atoms with Crippen LogP contribution in [0.2, 0.25) is 0 Å². The first kappa shape index (κ1) is 42.6. The average molecular weight is 772 g/mol. The molecule has 1 aliphatic heterocycles. The number of carbonyl (C=O) groups excluding carboxylic acids is 6. The fourth-order valence-corrected chi connectivity index (χ4v) is 8.67. The number of carbonyl (C=O) groups is 6. The molecule has 12 nitrogen and oxygen atoms in total. The Kier molecular flexibility index (Phi) is 16.5. The average Bonchev–Trinajstić information content (AvgIpc) is 3.90. The molecule has 0 radical (unpaired) electrons. The van der Waals surface area contributed by atoms with E-state index in [4.69, 9.17) is 10.5 Å². The number of nitrogens with zero attached hydrogens (tertiary/aromatic N) is 1. The minimum atomic E-state index is -1.10. The molecule has 0 aromatic heterocycles. The molecular formula is C44H61N5O7. The van der Waals surface area contributed by atoms with E-state index < -0.39 is 53.7 Å². The van der Waals surface area contributed by atoms with Crippen molar-refractivity contribution in [1.29, 1.82) is 0 Å². The van der Waals surface area contributed by atoms with Gasteiger partial charge in [-0.1, -0.05) is 106 Å². The summed E-state index contributed by atoms with van der Waals surface area (Å²) in [5.74, 6) is -3.26. The number of ketones is 1. The van der Waals surface area contributed by atoms with Crippen LogP contribution in [-0.4, -0.2) is 77.5 Å². The molecule has 56 heavy (non-hydrogen) atoms. The van der Waals surface area contributed by atoms with Gasteiger partial charge in [0.05, 0.1) is 24.7 Å². The third-order valence-corrected chi connectivity index (χ3v) is 11.8. The highest BCUT2D eigenvalue weighted by Gasteiger charge is 2.45. The Morgan fingerprint density at radius 2 is 1.50 bits per heavy atom. The molecule has 304 valence electrons. The second-order valence-electron chi connectivity index (χ2n) is 15.9. The molecule has 5 rings (SSSR count). The van der Waals surface area contributed by atoms with Crippen LogP contribution in [0.25, 0.3) is 0 Å². The standard InChI is InChI=1S/C44H61N5O7/c1-2-15-36(40(51)43(54)46-25-14-24-35(41(45)52)32-20-8-4-9-21-32)47-42(53)37-27-34(56-29-31-18-6-3-7-19-31)28-49(37)44(55)39(33-22-10-5-11-23-33)48-38(50)26-30-16-12-13-17-30/h3-4,6-9,18-21,30,33-37,39H,2,5,10-17,22-29H2,1H3,(H2,45,52)(H,46,54)(H,47,53)(H,48,50). The maximum Gasteiger partial charge on any atom is 0.289 e. The zero-order valence-corrected chi connectivity index (χ0v) is 32.9. The van der Waals surface area contributed by atoms with Gasteiger partial charge in [-0.3, -0.25) is 28.8 Å². The third kappa shape index (κ3) is 12.2. The Morgan fingerprint density at radius 3 is 2.16 bits per heavy atom. The van der Waals surface area contributed by atoms with Crippen LogP contribution in [0.1, 0.15) is 120 Å². The number of Topliss-reactive ketones (excluding diaryl/α,β-unsaturated/α-hetero) is 1. The summed E-state index contributed by atoms with van der Waals surface area (Å²) < 4.78 is 6.28. The fourth-order valence-electron chi connectivity index (χ4n) is 8.67. The van der Waals surface area contributed by atoms with Crippen LogP contribution in [0.15, 0.2) is 60.7 Å². The van der Waals surface area contributed by atoms with Gasteiger partial charge in [0.15, 0.2) is 0 Å². The quantitative estimate of drug-likeness (QED) is 0.110. The molecule has 0 bridgehead atoms. The van der Waals surface area contributed by atoms with E-state index in [2.05, 4.69) is 16.0 Å². The lowest BCUT2D eigenvalue weighted by Crippen LogP contribution is -2.58. The van der Waals surface area contributed by atoms with Crippen molar-refractivity contribution in [2.24, 2.45) is 17.6 Å². The molecular weight excluding hydrogens is 711 g/mol. The van der Waals surface area contributed by atoms with Gasteiger partial charge in [0.1, 0.15) is 12.1 Å². The summed E-state index contributed by atoms with van der Waals surface area (Å²) in [4.78, 5) is 82.5. The number of hydrogen-bond donors (Lipinski definition) is 4. The second kappa shape index (κ2) is 21.6. The summed E-state index contributed by atoms with van der Waals surface area (Å²) in [6.07, 6.45) is 10.6. The van der Waals surface area contributed by atoms with Gasteiger partial charge in [-0.15, -0.1) is 0 Å². The summed E-state index contributed by atoms with van der Waals surface area (Å²) in [6.45, 7) is 2.47. The van der Waals surface area contributed by atoms with Gasteiger partial charge in [-0.25, -0.2) is 0 Å². The van der Waals surface area contributed by atoms with E-state index in [-0.39, 0.29) is 43.7 Å². The van der Waals surface area contributed by atoms with Crippen LogP contribution in [-0.2, 0) is 40.1 Å². The van der Waals surface area contributed by atoms with E-state index in [0.717, 1.165) is 68.9 Å². The van der Waals surface area contributed by atoms with Crippen molar-refractivity contribution < 1.29 is 33.5 Å². The van der Waals surface area contributed by atoms with E-state index in [1.54, 1.807) is 0 Å². The van der Waals surface area contributed by atoms with Gasteiger partial charge >= 0.3 is 0 Å². The molecule has 0 spiro atoms. The van der Waals surface area contributed by atoms with Crippen LogP contribution in [0.5, 0.6) is 0 Å². The van der Waals surface area contributed by atoms with Crippen molar-refractivity contribution in [3.63, 3.8) is 0 Å². The molecule has 3 aliphatic rings. The number of nitrogens with two attached hydrogens (primary N) is 1. The lowest BCUT2D eigenvalue weighted by atomic mass is 9.83. The number of rotatable bonds is 20. The molecule has 5 unspecified atom stereocenters. The maximum absolute atomic E-state index is 14.6. The summed E-state index contributed by atoms with van der Waals surface area (Å²) in [5.41, 5.74) is 7.39. The van der Waals surface area contributed by atoms with Gasteiger partial charge < -0.3 is 31.3 Å². The second-order valence-corrected chi connectivity index (χ2v) is 15.9. The number of benzene rings is 2. The summed E-state index contributed by atoms with van der Waals surface area (Å²) >= 11 is 0. The van der Waals surface area contributed by atoms with Crippen LogP contribution in [0.3, 0.4) is 0 Å². The van der Waals surface area contributed by atoms with Gasteiger partial charge in [0.2, 0.25) is 29.4 Å². The number of hydrogen-bond acceptors (Lipinski definition) is 7. The molecule has 2 aromatic carbocycles. The predicted octanol–water partition coefficient (Wildman–Crippen LogP) is 4.84. The molecule has 2 aromatic rings. The van der Waals surface area contributed by atoms with E-state index in [1.165, 1.54) is 4.90 Å². The lowest BCUT2D eigenvalue weighted by molar-refractivity contribution is -0.144. The Bertz CT molecular complexity index is 1610. The normalized spacial score (nSPS) is 20.5. The van der Waals surface area contributed by atoms with Crippen molar-refractivity contribution >= 4 is 35.3 Å². The van der Waals surface area contributed by atoms with Crippen LogP contribution in [0.4, 0.5) is 0 Å². The molecule has 2 aliphatic carbocycles. The van der Waals surface area contributed by atoms with E-state index in [1.807, 2.05) is 67.6 Å².